The molecule has 16 heavy (non-hydrogen) atoms. The second-order valence-corrected chi connectivity index (χ2v) is 3.94. The van der Waals surface area contributed by atoms with Crippen LogP contribution in [0.25, 0.3) is 0 Å². The molecule has 1 heterocycles. The molecular formula is C9H20BF4NO. The third-order valence-corrected chi connectivity index (χ3v) is 2.79. The van der Waals surface area contributed by atoms with Gasteiger partial charge in [0.1, 0.15) is 13.1 Å². The zero-order chi connectivity index (χ0) is 12.7. The van der Waals surface area contributed by atoms with Crippen molar-refractivity contribution in [1.29, 1.82) is 0 Å². The van der Waals surface area contributed by atoms with Gasteiger partial charge in [0.15, 0.2) is 0 Å². The Morgan fingerprint density at radius 1 is 1.06 bits per heavy atom. The number of halogens is 4. The van der Waals surface area contributed by atoms with Crippen molar-refractivity contribution < 1.29 is 26.5 Å². The van der Waals surface area contributed by atoms with Gasteiger partial charge in [-0.2, -0.15) is 0 Å². The van der Waals surface area contributed by atoms with Crippen LogP contribution in [0.2, 0.25) is 0 Å². The number of morpholine rings is 1. The van der Waals surface area contributed by atoms with Crippen LogP contribution in [0.5, 0.6) is 0 Å². The largest absolute Gasteiger partial charge is 0.673 e. The molecule has 1 aliphatic heterocycles. The van der Waals surface area contributed by atoms with Crippen molar-refractivity contribution in [3.63, 3.8) is 0 Å². The Morgan fingerprint density at radius 3 is 1.81 bits per heavy atom. The van der Waals surface area contributed by atoms with E-state index in [1.807, 2.05) is 0 Å². The average Bonchev–Trinajstić information content (AvgIpc) is 2.17. The van der Waals surface area contributed by atoms with Gasteiger partial charge in [-0.3, -0.25) is 0 Å². The van der Waals surface area contributed by atoms with Gasteiger partial charge >= 0.3 is 7.25 Å². The Labute approximate surface area is 94.3 Å². The number of quaternary nitrogens is 1. The Bertz CT molecular complexity index is 171. The zero-order valence-corrected chi connectivity index (χ0v) is 9.89. The monoisotopic (exact) mass is 245 g/mol. The van der Waals surface area contributed by atoms with Crippen molar-refractivity contribution in [2.24, 2.45) is 0 Å². The van der Waals surface area contributed by atoms with Crippen molar-refractivity contribution in [2.75, 3.05) is 39.4 Å². The van der Waals surface area contributed by atoms with Gasteiger partial charge in [-0.15, -0.1) is 0 Å². The highest BCUT2D eigenvalue weighted by molar-refractivity contribution is 6.50. The molecule has 0 bridgehead atoms. The van der Waals surface area contributed by atoms with Gasteiger partial charge in [-0.05, 0) is 13.3 Å². The van der Waals surface area contributed by atoms with Crippen molar-refractivity contribution in [2.45, 2.75) is 20.3 Å². The molecule has 0 saturated carbocycles. The topological polar surface area (TPSA) is 9.23 Å². The minimum absolute atomic E-state index is 0.966. The maximum atomic E-state index is 9.75. The maximum absolute atomic E-state index is 9.75. The summed E-state index contributed by atoms with van der Waals surface area (Å²) in [5.41, 5.74) is 0. The summed E-state index contributed by atoms with van der Waals surface area (Å²) >= 11 is 0. The first-order valence-electron chi connectivity index (χ1n) is 5.63. The Morgan fingerprint density at radius 2 is 1.50 bits per heavy atom. The lowest BCUT2D eigenvalue weighted by Gasteiger charge is -2.40. The van der Waals surface area contributed by atoms with Gasteiger partial charge in [0.2, 0.25) is 0 Å². The van der Waals surface area contributed by atoms with E-state index < -0.39 is 7.25 Å². The van der Waals surface area contributed by atoms with Gasteiger partial charge in [0.25, 0.3) is 0 Å². The zero-order valence-electron chi connectivity index (χ0n) is 9.89. The molecule has 98 valence electrons. The van der Waals surface area contributed by atoms with Gasteiger partial charge in [-0.25, -0.2) is 0 Å². The van der Waals surface area contributed by atoms with E-state index in [1.54, 1.807) is 0 Å². The van der Waals surface area contributed by atoms with Crippen LogP contribution in [-0.2, 0) is 4.74 Å². The Hall–Kier alpha value is -0.295. The summed E-state index contributed by atoms with van der Waals surface area (Å²) in [5.74, 6) is 0. The first-order valence-corrected chi connectivity index (χ1v) is 5.63. The second kappa shape index (κ2) is 7.11. The van der Waals surface area contributed by atoms with Crippen LogP contribution in [0.15, 0.2) is 0 Å². The summed E-state index contributed by atoms with van der Waals surface area (Å²) < 4.78 is 45.6. The number of nitrogens with zero attached hydrogens (tertiary/aromatic N) is 1. The van der Waals surface area contributed by atoms with E-state index in [9.17, 15) is 17.3 Å². The maximum Gasteiger partial charge on any atom is 0.673 e. The quantitative estimate of drug-likeness (QED) is 0.422. The van der Waals surface area contributed by atoms with Crippen LogP contribution >= 0.6 is 0 Å². The molecule has 0 unspecified atom stereocenters. The van der Waals surface area contributed by atoms with Gasteiger partial charge in [0, 0.05) is 0 Å². The molecule has 7 heteroatoms. The molecule has 0 radical (unpaired) electrons. The Kier molecular flexibility index (Phi) is 6.98. The molecule has 0 amide bonds. The van der Waals surface area contributed by atoms with Gasteiger partial charge in [0.05, 0.1) is 26.3 Å². The summed E-state index contributed by atoms with van der Waals surface area (Å²) in [6, 6.07) is 0. The van der Waals surface area contributed by atoms with E-state index in [1.165, 1.54) is 37.1 Å². The van der Waals surface area contributed by atoms with E-state index >= 15 is 0 Å². The van der Waals surface area contributed by atoms with E-state index in [-0.39, 0.29) is 0 Å². The number of rotatable bonds is 3. The number of hydrogen-bond donors (Lipinski definition) is 0. The minimum Gasteiger partial charge on any atom is -0.418 e. The van der Waals surface area contributed by atoms with Crippen LogP contribution in [0, 0.1) is 0 Å². The number of hydrogen-bond acceptors (Lipinski definition) is 1. The fourth-order valence-electron chi connectivity index (χ4n) is 1.90. The van der Waals surface area contributed by atoms with Crippen molar-refractivity contribution in [3.8, 4) is 0 Å². The molecule has 1 rings (SSSR count). The first-order chi connectivity index (χ1) is 7.33. The lowest BCUT2D eigenvalue weighted by molar-refractivity contribution is -0.933. The third-order valence-electron chi connectivity index (χ3n) is 2.79. The van der Waals surface area contributed by atoms with Crippen LogP contribution < -0.4 is 0 Å². The van der Waals surface area contributed by atoms with E-state index in [4.69, 9.17) is 4.74 Å². The fourth-order valence-corrected chi connectivity index (χ4v) is 1.90. The van der Waals surface area contributed by atoms with E-state index in [0.29, 0.717) is 0 Å². The van der Waals surface area contributed by atoms with Crippen LogP contribution in [-0.4, -0.2) is 51.1 Å². The summed E-state index contributed by atoms with van der Waals surface area (Å²) in [5, 5.41) is 0. The molecule has 0 aromatic heterocycles. The molecule has 0 spiro atoms. The van der Waals surface area contributed by atoms with Crippen molar-refractivity contribution in [1.82, 2.24) is 0 Å². The molecule has 0 aromatic rings. The average molecular weight is 245 g/mol. The first kappa shape index (κ1) is 15.7. The number of likely N-dealkylation sites (N-methyl/N-ethyl adjacent to an activating group) is 1. The predicted octanol–water partition coefficient (Wildman–Crippen LogP) is 2.56. The highest BCUT2D eigenvalue weighted by Crippen LogP contribution is 2.11. The molecule has 1 saturated heterocycles. The number of ether oxygens (including phenoxy) is 1. The van der Waals surface area contributed by atoms with E-state index in [0.717, 1.165) is 13.2 Å². The summed E-state index contributed by atoms with van der Waals surface area (Å²) in [6.45, 7) is 11.6. The molecule has 0 aromatic carbocycles. The molecule has 2 nitrogen and oxygen atoms in total. The normalized spacial score (nSPS) is 19.9. The molecule has 1 fully saturated rings. The predicted molar refractivity (Wildman–Crippen MR) is 56.7 cm³/mol. The third kappa shape index (κ3) is 7.93. The summed E-state index contributed by atoms with van der Waals surface area (Å²) in [6.07, 6.45) is 1.30. The smallest absolute Gasteiger partial charge is 0.418 e. The molecule has 0 aliphatic carbocycles. The highest BCUT2D eigenvalue weighted by Gasteiger charge is 2.26. The molecule has 1 aliphatic rings. The van der Waals surface area contributed by atoms with Crippen LogP contribution in [0.3, 0.4) is 0 Å². The molecule has 0 atom stereocenters. The van der Waals surface area contributed by atoms with E-state index in [2.05, 4.69) is 13.8 Å². The van der Waals surface area contributed by atoms with Gasteiger partial charge in [-0.1, -0.05) is 6.92 Å². The Balaban J connectivity index is 0.000000385. The SMILES string of the molecule is CCC[N+]1(CC)CCOCC1.F[B-](F)(F)F. The highest BCUT2D eigenvalue weighted by atomic mass is 19.5. The lowest BCUT2D eigenvalue weighted by Crippen LogP contribution is -2.55. The lowest BCUT2D eigenvalue weighted by atomic mass is 10.2. The summed E-state index contributed by atoms with van der Waals surface area (Å²) in [4.78, 5) is 0. The molecule has 0 N–H and O–H groups in total. The minimum atomic E-state index is -6.00. The molecular weight excluding hydrogens is 225 g/mol. The van der Waals surface area contributed by atoms with Crippen molar-refractivity contribution in [3.05, 3.63) is 0 Å². The standard InChI is InChI=1S/C9H20NO.BF4/c1-3-5-10(4-2)6-8-11-9-7-10;2-1(3,4)5/h3-9H2,1-2H3;/q+1;-1. The van der Waals surface area contributed by atoms with Gasteiger partial charge < -0.3 is 26.5 Å². The second-order valence-electron chi connectivity index (χ2n) is 3.94. The fraction of sp³-hybridized carbons (Fsp3) is 1.00. The summed E-state index contributed by atoms with van der Waals surface area (Å²) in [7, 11) is -6.00. The van der Waals surface area contributed by atoms with Crippen molar-refractivity contribution >= 4 is 7.25 Å². The van der Waals surface area contributed by atoms with Crippen LogP contribution in [0.4, 0.5) is 17.3 Å². The van der Waals surface area contributed by atoms with Crippen LogP contribution in [0.1, 0.15) is 20.3 Å².